The summed E-state index contributed by atoms with van der Waals surface area (Å²) in [5, 5.41) is 5.07. The van der Waals surface area contributed by atoms with Crippen molar-refractivity contribution in [1.82, 2.24) is 4.31 Å². The van der Waals surface area contributed by atoms with Gasteiger partial charge in [0.25, 0.3) is 10.0 Å². The van der Waals surface area contributed by atoms with Crippen LogP contribution in [0.1, 0.15) is 5.76 Å². The number of hydrogen-bond acceptors (Lipinski definition) is 5. The van der Waals surface area contributed by atoms with Gasteiger partial charge in [0.1, 0.15) is 5.76 Å². The number of aryl methyl sites for hydroxylation is 1. The van der Waals surface area contributed by atoms with Gasteiger partial charge in [0.05, 0.1) is 18.9 Å². The number of ether oxygens (including phenoxy) is 1. The van der Waals surface area contributed by atoms with Crippen molar-refractivity contribution >= 4 is 27.4 Å². The van der Waals surface area contributed by atoms with Gasteiger partial charge < -0.3 is 19.8 Å². The molecule has 8 nitrogen and oxygen atoms in total. The summed E-state index contributed by atoms with van der Waals surface area (Å²) < 4.78 is 37.0. The van der Waals surface area contributed by atoms with Crippen LogP contribution in [0, 0.1) is 6.92 Å². The second-order valence-electron chi connectivity index (χ2n) is 5.50. The molecule has 25 heavy (non-hydrogen) atoms. The van der Waals surface area contributed by atoms with E-state index in [1.807, 2.05) is 6.07 Å². The molecule has 0 bridgehead atoms. The van der Waals surface area contributed by atoms with E-state index in [4.69, 9.17) is 9.15 Å². The molecule has 1 aromatic heterocycles. The van der Waals surface area contributed by atoms with Crippen LogP contribution in [-0.2, 0) is 14.8 Å². The van der Waals surface area contributed by atoms with Crippen LogP contribution in [0.25, 0.3) is 0 Å². The van der Waals surface area contributed by atoms with Crippen LogP contribution in [0.4, 0.5) is 16.2 Å². The largest absolute Gasteiger partial charge is 0.446 e. The number of carbonyl (C=O) groups is 1. The van der Waals surface area contributed by atoms with Crippen LogP contribution >= 0.6 is 0 Å². The number of sulfonamides is 1. The first-order valence-corrected chi connectivity index (χ1v) is 9.22. The first-order chi connectivity index (χ1) is 12.0. The highest BCUT2D eigenvalue weighted by molar-refractivity contribution is 7.89. The third-order valence-electron chi connectivity index (χ3n) is 3.74. The summed E-state index contributed by atoms with van der Waals surface area (Å²) in [6, 6.07) is 9.77. The molecule has 0 saturated carbocycles. The fraction of sp³-hybridized carbons (Fsp3) is 0.312. The van der Waals surface area contributed by atoms with Crippen molar-refractivity contribution in [3.05, 3.63) is 42.2 Å². The fourth-order valence-electron chi connectivity index (χ4n) is 2.43. The lowest BCUT2D eigenvalue weighted by Crippen LogP contribution is -2.40. The minimum atomic E-state index is -3.74. The van der Waals surface area contributed by atoms with E-state index in [0.717, 1.165) is 0 Å². The average molecular weight is 365 g/mol. The maximum Gasteiger partial charge on any atom is 0.323 e. The second kappa shape index (κ2) is 7.26. The zero-order chi connectivity index (χ0) is 17.9. The van der Waals surface area contributed by atoms with E-state index in [1.54, 1.807) is 31.2 Å². The van der Waals surface area contributed by atoms with Gasteiger partial charge >= 0.3 is 6.03 Å². The summed E-state index contributed by atoms with van der Waals surface area (Å²) in [4.78, 5) is 12.1. The lowest BCUT2D eigenvalue weighted by Gasteiger charge is -2.24. The molecular formula is C16H19N3O5S. The van der Waals surface area contributed by atoms with Gasteiger partial charge in [-0.25, -0.2) is 13.2 Å². The van der Waals surface area contributed by atoms with Gasteiger partial charge in [-0.3, -0.25) is 0 Å². The molecule has 1 aliphatic rings. The number of morpholine rings is 1. The number of carbonyl (C=O) groups excluding carboxylic acids is 1. The summed E-state index contributed by atoms with van der Waals surface area (Å²) in [6.07, 6.45) is 0. The number of urea groups is 1. The van der Waals surface area contributed by atoms with Crippen LogP contribution < -0.4 is 10.6 Å². The third kappa shape index (κ3) is 4.01. The van der Waals surface area contributed by atoms with Gasteiger partial charge in [0.15, 0.2) is 0 Å². The molecule has 1 aliphatic heterocycles. The van der Waals surface area contributed by atoms with Gasteiger partial charge in [-0.15, -0.1) is 0 Å². The molecule has 9 heteroatoms. The number of benzene rings is 1. The molecule has 2 N–H and O–H groups in total. The molecule has 134 valence electrons. The smallest absolute Gasteiger partial charge is 0.323 e. The Morgan fingerprint density at radius 3 is 2.48 bits per heavy atom. The molecule has 2 heterocycles. The van der Waals surface area contributed by atoms with Crippen molar-refractivity contribution in [2.75, 3.05) is 36.9 Å². The number of nitrogens with zero attached hydrogens (tertiary/aromatic N) is 1. The highest BCUT2D eigenvalue weighted by Gasteiger charge is 2.30. The van der Waals surface area contributed by atoms with Gasteiger partial charge in [-0.05, 0) is 19.1 Å². The van der Waals surface area contributed by atoms with Crippen molar-refractivity contribution in [2.45, 2.75) is 12.0 Å². The lowest BCUT2D eigenvalue weighted by molar-refractivity contribution is 0.0724. The van der Waals surface area contributed by atoms with Crippen LogP contribution in [0.15, 0.2) is 45.9 Å². The van der Waals surface area contributed by atoms with Crippen molar-refractivity contribution in [3.8, 4) is 0 Å². The Bertz CT molecular complexity index is 842. The topological polar surface area (TPSA) is 101 Å². The van der Waals surface area contributed by atoms with E-state index in [1.165, 1.54) is 10.4 Å². The van der Waals surface area contributed by atoms with Gasteiger partial charge in [0.2, 0.25) is 5.09 Å². The average Bonchev–Trinajstić information content (AvgIpc) is 2.98. The van der Waals surface area contributed by atoms with Crippen LogP contribution in [-0.4, -0.2) is 45.1 Å². The van der Waals surface area contributed by atoms with E-state index in [2.05, 4.69) is 10.6 Å². The zero-order valence-corrected chi connectivity index (χ0v) is 14.5. The highest BCUT2D eigenvalue weighted by Crippen LogP contribution is 2.26. The van der Waals surface area contributed by atoms with Crippen molar-refractivity contribution < 1.29 is 22.4 Å². The normalized spacial score (nSPS) is 15.7. The maximum atomic E-state index is 12.6. The third-order valence-corrected chi connectivity index (χ3v) is 5.49. The predicted molar refractivity (Wildman–Crippen MR) is 92.1 cm³/mol. The first kappa shape index (κ1) is 17.5. The van der Waals surface area contributed by atoms with E-state index in [9.17, 15) is 13.2 Å². The number of amides is 2. The van der Waals surface area contributed by atoms with Crippen molar-refractivity contribution in [3.63, 3.8) is 0 Å². The molecule has 1 fully saturated rings. The van der Waals surface area contributed by atoms with Gasteiger partial charge in [-0.1, -0.05) is 18.2 Å². The molecule has 3 rings (SSSR count). The first-order valence-electron chi connectivity index (χ1n) is 7.78. The fourth-order valence-corrected chi connectivity index (χ4v) is 3.81. The standard InChI is InChI=1S/C16H19N3O5S/c1-12-14(18-16(20)17-13-5-3-2-4-6-13)11-15(24-12)25(21,22)19-7-9-23-10-8-19/h2-6,11H,7-10H2,1H3,(H2,17,18,20). The number of furan rings is 1. The Balaban J connectivity index is 1.72. The van der Waals surface area contributed by atoms with Crippen molar-refractivity contribution in [2.24, 2.45) is 0 Å². The Labute approximate surface area is 145 Å². The quantitative estimate of drug-likeness (QED) is 0.865. The molecule has 0 radical (unpaired) electrons. The minimum absolute atomic E-state index is 0.193. The van der Waals surface area contributed by atoms with Crippen molar-refractivity contribution in [1.29, 1.82) is 0 Å². The SMILES string of the molecule is Cc1oc(S(=O)(=O)N2CCOCC2)cc1NC(=O)Nc1ccccc1. The van der Waals surface area contributed by atoms with Crippen LogP contribution in [0.2, 0.25) is 0 Å². The maximum absolute atomic E-state index is 12.6. The van der Waals surface area contributed by atoms with E-state index in [0.29, 0.717) is 30.3 Å². The van der Waals surface area contributed by atoms with E-state index >= 15 is 0 Å². The van der Waals surface area contributed by atoms with Gasteiger partial charge in [0, 0.05) is 24.8 Å². The van der Waals surface area contributed by atoms with Crippen LogP contribution in [0.3, 0.4) is 0 Å². The molecule has 1 aromatic carbocycles. The predicted octanol–water partition coefficient (Wildman–Crippen LogP) is 2.25. The Hall–Kier alpha value is -2.36. The van der Waals surface area contributed by atoms with E-state index in [-0.39, 0.29) is 18.2 Å². The monoisotopic (exact) mass is 365 g/mol. The Morgan fingerprint density at radius 1 is 1.12 bits per heavy atom. The molecule has 2 aromatic rings. The molecular weight excluding hydrogens is 346 g/mol. The molecule has 2 amide bonds. The Kier molecular flexibility index (Phi) is 5.07. The number of hydrogen-bond donors (Lipinski definition) is 2. The number of nitrogens with one attached hydrogen (secondary N) is 2. The Morgan fingerprint density at radius 2 is 1.80 bits per heavy atom. The molecule has 0 atom stereocenters. The minimum Gasteiger partial charge on any atom is -0.446 e. The number of rotatable bonds is 4. The molecule has 0 unspecified atom stereocenters. The number of anilines is 2. The summed E-state index contributed by atoms with van der Waals surface area (Å²) in [7, 11) is -3.74. The second-order valence-corrected chi connectivity index (χ2v) is 7.37. The van der Waals surface area contributed by atoms with Crippen LogP contribution in [0.5, 0.6) is 0 Å². The summed E-state index contributed by atoms with van der Waals surface area (Å²) in [5.74, 6) is 0.315. The van der Waals surface area contributed by atoms with E-state index < -0.39 is 16.1 Å². The summed E-state index contributed by atoms with van der Waals surface area (Å²) in [5.41, 5.74) is 0.933. The molecule has 1 saturated heterocycles. The number of para-hydroxylation sites is 1. The molecule has 0 spiro atoms. The van der Waals surface area contributed by atoms with Gasteiger partial charge in [-0.2, -0.15) is 4.31 Å². The lowest BCUT2D eigenvalue weighted by atomic mass is 10.3. The summed E-state index contributed by atoms with van der Waals surface area (Å²) in [6.45, 7) is 2.85. The zero-order valence-electron chi connectivity index (χ0n) is 13.7. The summed E-state index contributed by atoms with van der Waals surface area (Å²) >= 11 is 0. The highest BCUT2D eigenvalue weighted by atomic mass is 32.2. The molecule has 0 aliphatic carbocycles.